The number of amides is 1. The lowest BCUT2D eigenvalue weighted by atomic mass is 10.2. The SMILES string of the molecule is O=[C]NS(=O)(=O)c1cccc2cccnc12. The highest BCUT2D eigenvalue weighted by molar-refractivity contribution is 7.90. The van der Waals surface area contributed by atoms with Crippen LogP contribution >= 0.6 is 0 Å². The topological polar surface area (TPSA) is 76.1 Å². The van der Waals surface area contributed by atoms with E-state index in [9.17, 15) is 13.2 Å². The van der Waals surface area contributed by atoms with E-state index < -0.39 is 10.0 Å². The number of hydrogen-bond donors (Lipinski definition) is 1. The van der Waals surface area contributed by atoms with Crippen LogP contribution in [0.5, 0.6) is 0 Å². The first-order valence-corrected chi connectivity index (χ1v) is 5.86. The summed E-state index contributed by atoms with van der Waals surface area (Å²) in [5.74, 6) is 0. The summed E-state index contributed by atoms with van der Waals surface area (Å²) in [6.45, 7) is 0. The molecular weight excluding hydrogens is 228 g/mol. The van der Waals surface area contributed by atoms with E-state index in [2.05, 4.69) is 4.98 Å². The minimum atomic E-state index is -3.87. The second kappa shape index (κ2) is 3.90. The Morgan fingerprint density at radius 1 is 1.19 bits per heavy atom. The summed E-state index contributed by atoms with van der Waals surface area (Å²) in [6.07, 6.45) is 2.65. The number of nitrogens with zero attached hydrogens (tertiary/aromatic N) is 1. The molecule has 0 aliphatic rings. The molecule has 1 amide bonds. The molecule has 0 bridgehead atoms. The Morgan fingerprint density at radius 2 is 1.94 bits per heavy atom. The maximum Gasteiger partial charge on any atom is 0.324 e. The van der Waals surface area contributed by atoms with Crippen LogP contribution in [0.3, 0.4) is 0 Å². The normalized spacial score (nSPS) is 11.2. The summed E-state index contributed by atoms with van der Waals surface area (Å²) in [5.41, 5.74) is 0.327. The Labute approximate surface area is 92.2 Å². The number of hydrogen-bond acceptors (Lipinski definition) is 4. The average Bonchev–Trinajstić information content (AvgIpc) is 2.28. The number of benzene rings is 1. The lowest BCUT2D eigenvalue weighted by Crippen LogP contribution is -2.22. The fraction of sp³-hybridized carbons (Fsp3) is 0. The molecule has 0 saturated carbocycles. The van der Waals surface area contributed by atoms with Gasteiger partial charge >= 0.3 is 6.41 Å². The highest BCUT2D eigenvalue weighted by Crippen LogP contribution is 2.19. The molecule has 0 fully saturated rings. The molecule has 16 heavy (non-hydrogen) atoms. The van der Waals surface area contributed by atoms with Gasteiger partial charge in [0.2, 0.25) is 0 Å². The Balaban J connectivity index is 2.75. The van der Waals surface area contributed by atoms with Gasteiger partial charge in [-0.25, -0.2) is 13.1 Å². The highest BCUT2D eigenvalue weighted by atomic mass is 32.2. The monoisotopic (exact) mass is 235 g/mol. The van der Waals surface area contributed by atoms with Gasteiger partial charge in [-0.3, -0.25) is 9.78 Å². The predicted octanol–water partition coefficient (Wildman–Crippen LogP) is 0.580. The molecule has 1 N–H and O–H groups in total. The number of fused-ring (bicyclic) bond motifs is 1. The summed E-state index contributed by atoms with van der Waals surface area (Å²) < 4.78 is 24.9. The predicted molar refractivity (Wildman–Crippen MR) is 57.8 cm³/mol. The Kier molecular flexibility index (Phi) is 2.57. The van der Waals surface area contributed by atoms with Crippen molar-refractivity contribution in [2.75, 3.05) is 0 Å². The van der Waals surface area contributed by atoms with E-state index in [-0.39, 0.29) is 4.90 Å². The molecule has 1 heterocycles. The zero-order chi connectivity index (χ0) is 11.6. The number of aromatic nitrogens is 1. The molecule has 0 aliphatic heterocycles. The van der Waals surface area contributed by atoms with E-state index in [0.29, 0.717) is 10.9 Å². The lowest BCUT2D eigenvalue weighted by Gasteiger charge is -2.04. The molecule has 1 aromatic heterocycles. The quantitative estimate of drug-likeness (QED) is 0.789. The van der Waals surface area contributed by atoms with Crippen molar-refractivity contribution in [3.05, 3.63) is 36.5 Å². The van der Waals surface area contributed by atoms with Crippen LogP contribution in [0.1, 0.15) is 0 Å². The van der Waals surface area contributed by atoms with Crippen LogP contribution < -0.4 is 4.72 Å². The van der Waals surface area contributed by atoms with Crippen molar-refractivity contribution in [2.24, 2.45) is 0 Å². The smallest absolute Gasteiger partial charge is 0.262 e. The van der Waals surface area contributed by atoms with Gasteiger partial charge in [-0.15, -0.1) is 0 Å². The van der Waals surface area contributed by atoms with Crippen molar-refractivity contribution in [1.82, 2.24) is 9.71 Å². The van der Waals surface area contributed by atoms with E-state index in [1.54, 1.807) is 29.0 Å². The van der Waals surface area contributed by atoms with Gasteiger partial charge in [0, 0.05) is 11.6 Å². The number of pyridine rings is 1. The van der Waals surface area contributed by atoms with Crippen molar-refractivity contribution in [1.29, 1.82) is 0 Å². The highest BCUT2D eigenvalue weighted by Gasteiger charge is 2.17. The summed E-state index contributed by atoms with van der Waals surface area (Å²) in [6, 6.07) is 8.16. The zero-order valence-corrected chi connectivity index (χ0v) is 8.86. The van der Waals surface area contributed by atoms with E-state index in [1.165, 1.54) is 12.3 Å². The molecule has 81 valence electrons. The molecule has 0 spiro atoms. The van der Waals surface area contributed by atoms with Crippen LogP contribution in [0.4, 0.5) is 0 Å². The zero-order valence-electron chi connectivity index (χ0n) is 8.04. The van der Waals surface area contributed by atoms with Gasteiger partial charge in [-0.1, -0.05) is 18.2 Å². The summed E-state index contributed by atoms with van der Waals surface area (Å²) in [4.78, 5) is 14.0. The molecule has 2 aromatic rings. The number of para-hydroxylation sites is 1. The van der Waals surface area contributed by atoms with Crippen LogP contribution in [-0.2, 0) is 14.8 Å². The number of sulfonamides is 1. The fourth-order valence-corrected chi connectivity index (χ4v) is 2.31. The fourth-order valence-electron chi connectivity index (χ4n) is 1.40. The van der Waals surface area contributed by atoms with E-state index in [0.717, 1.165) is 6.41 Å². The van der Waals surface area contributed by atoms with Crippen LogP contribution in [0.25, 0.3) is 10.9 Å². The van der Waals surface area contributed by atoms with Crippen LogP contribution in [0, 0.1) is 0 Å². The van der Waals surface area contributed by atoms with Gasteiger partial charge in [0.15, 0.2) is 0 Å². The third kappa shape index (κ3) is 1.74. The van der Waals surface area contributed by atoms with Crippen molar-refractivity contribution >= 4 is 27.3 Å². The first-order valence-electron chi connectivity index (χ1n) is 4.38. The maximum atomic E-state index is 11.6. The molecular formula is C10H7N2O3S. The Bertz CT molecular complexity index is 632. The molecule has 6 heteroatoms. The van der Waals surface area contributed by atoms with Crippen molar-refractivity contribution in [3.8, 4) is 0 Å². The third-order valence-electron chi connectivity index (χ3n) is 2.06. The van der Waals surface area contributed by atoms with Gasteiger partial charge in [0.1, 0.15) is 4.90 Å². The summed E-state index contributed by atoms with van der Waals surface area (Å²) >= 11 is 0. The molecule has 0 unspecified atom stereocenters. The first kappa shape index (κ1) is 10.6. The molecule has 5 nitrogen and oxygen atoms in total. The summed E-state index contributed by atoms with van der Waals surface area (Å²) in [5, 5.41) is 0.691. The van der Waals surface area contributed by atoms with E-state index in [1.807, 2.05) is 0 Å². The van der Waals surface area contributed by atoms with Gasteiger partial charge < -0.3 is 0 Å². The minimum Gasteiger partial charge on any atom is -0.262 e. The Morgan fingerprint density at radius 3 is 2.69 bits per heavy atom. The van der Waals surface area contributed by atoms with Crippen LogP contribution in [0.15, 0.2) is 41.4 Å². The molecule has 1 aromatic carbocycles. The Hall–Kier alpha value is -1.95. The molecule has 2 rings (SSSR count). The van der Waals surface area contributed by atoms with Gasteiger partial charge in [0.05, 0.1) is 5.52 Å². The second-order valence-electron chi connectivity index (χ2n) is 3.04. The molecule has 1 radical (unpaired) electrons. The largest absolute Gasteiger partial charge is 0.324 e. The molecule has 0 aliphatic carbocycles. The van der Waals surface area contributed by atoms with Crippen molar-refractivity contribution in [3.63, 3.8) is 0 Å². The van der Waals surface area contributed by atoms with E-state index in [4.69, 9.17) is 0 Å². The minimum absolute atomic E-state index is 0.0334. The first-order chi connectivity index (χ1) is 7.65. The standard InChI is InChI=1S/C10H7N2O3S/c13-7-12-16(14,15)9-5-1-3-8-4-2-6-11-10(8)9/h1-6H,(H,12,13). The molecule has 0 atom stereocenters. The van der Waals surface area contributed by atoms with Gasteiger partial charge in [-0.05, 0) is 12.1 Å². The van der Waals surface area contributed by atoms with Crippen LogP contribution in [0.2, 0.25) is 0 Å². The number of rotatable bonds is 3. The lowest BCUT2D eigenvalue weighted by molar-refractivity contribution is 0.547. The molecule has 0 saturated heterocycles. The average molecular weight is 235 g/mol. The summed E-state index contributed by atoms with van der Waals surface area (Å²) in [7, 11) is -3.87. The number of carbonyl (C=O) groups excluding carboxylic acids is 1. The second-order valence-corrected chi connectivity index (χ2v) is 4.69. The van der Waals surface area contributed by atoms with Gasteiger partial charge in [0.25, 0.3) is 10.0 Å². The van der Waals surface area contributed by atoms with Gasteiger partial charge in [-0.2, -0.15) is 0 Å². The maximum absolute atomic E-state index is 11.6. The van der Waals surface area contributed by atoms with Crippen molar-refractivity contribution < 1.29 is 13.2 Å². The third-order valence-corrected chi connectivity index (χ3v) is 3.32. The van der Waals surface area contributed by atoms with Crippen molar-refractivity contribution in [2.45, 2.75) is 4.90 Å². The number of nitrogens with one attached hydrogen (secondary N) is 1. The van der Waals surface area contributed by atoms with E-state index >= 15 is 0 Å². The van der Waals surface area contributed by atoms with Crippen LogP contribution in [-0.4, -0.2) is 19.8 Å².